The van der Waals surface area contributed by atoms with Crippen molar-refractivity contribution in [3.63, 3.8) is 0 Å². The van der Waals surface area contributed by atoms with Crippen molar-refractivity contribution in [2.75, 3.05) is 16.8 Å². The van der Waals surface area contributed by atoms with Gasteiger partial charge in [-0.15, -0.1) is 0 Å². The van der Waals surface area contributed by atoms with E-state index in [0.717, 1.165) is 11.4 Å². The lowest BCUT2D eigenvalue weighted by Gasteiger charge is -2.31. The van der Waals surface area contributed by atoms with Crippen LogP contribution in [0.1, 0.15) is 29.1 Å². The van der Waals surface area contributed by atoms with E-state index in [-0.39, 0.29) is 17.8 Å². The molecule has 4 rings (SSSR count). The van der Waals surface area contributed by atoms with Gasteiger partial charge in [-0.05, 0) is 55.5 Å². The van der Waals surface area contributed by atoms with Crippen molar-refractivity contribution in [3.05, 3.63) is 76.8 Å². The first-order valence-electron chi connectivity index (χ1n) is 8.66. The van der Waals surface area contributed by atoms with E-state index in [1.165, 1.54) is 12.1 Å². The van der Waals surface area contributed by atoms with E-state index in [0.29, 0.717) is 29.5 Å². The van der Waals surface area contributed by atoms with Crippen LogP contribution in [0.3, 0.4) is 0 Å². The van der Waals surface area contributed by atoms with Crippen molar-refractivity contribution in [2.45, 2.75) is 19.5 Å². The number of halogens is 2. The number of benzene rings is 2. The highest BCUT2D eigenvalue weighted by atomic mass is 35.5. The molecule has 5 nitrogen and oxygen atoms in total. The molecule has 1 amide bonds. The smallest absolute Gasteiger partial charge is 0.276 e. The topological polar surface area (TPSA) is 50.2 Å². The third-order valence-corrected chi connectivity index (χ3v) is 4.79. The van der Waals surface area contributed by atoms with Crippen LogP contribution in [0, 0.1) is 5.82 Å². The largest absolute Gasteiger partial charge is 0.379 e. The molecule has 1 atom stereocenters. The van der Waals surface area contributed by atoms with Crippen molar-refractivity contribution in [1.82, 2.24) is 9.78 Å². The Hall–Kier alpha value is -2.86. The van der Waals surface area contributed by atoms with Gasteiger partial charge < -0.3 is 10.2 Å². The van der Waals surface area contributed by atoms with Gasteiger partial charge in [0.05, 0.1) is 18.3 Å². The number of carbonyl (C=O) groups is 1. The van der Waals surface area contributed by atoms with Gasteiger partial charge in [-0.2, -0.15) is 5.10 Å². The van der Waals surface area contributed by atoms with Crippen molar-refractivity contribution in [2.24, 2.45) is 0 Å². The summed E-state index contributed by atoms with van der Waals surface area (Å²) in [4.78, 5) is 14.6. The first-order chi connectivity index (χ1) is 13.0. The number of hydrogen-bond acceptors (Lipinski definition) is 3. The Morgan fingerprint density at radius 3 is 2.74 bits per heavy atom. The molecule has 2 heterocycles. The van der Waals surface area contributed by atoms with E-state index in [2.05, 4.69) is 10.4 Å². The first kappa shape index (κ1) is 17.5. The number of amides is 1. The number of carbonyl (C=O) groups excluding carboxylic acids is 1. The third-order valence-electron chi connectivity index (χ3n) is 4.55. The maximum atomic E-state index is 13.2. The zero-order chi connectivity index (χ0) is 19.0. The van der Waals surface area contributed by atoms with Gasteiger partial charge in [-0.1, -0.05) is 17.7 Å². The summed E-state index contributed by atoms with van der Waals surface area (Å²) >= 11 is 6.00. The van der Waals surface area contributed by atoms with Gasteiger partial charge in [0.25, 0.3) is 5.91 Å². The Morgan fingerprint density at radius 1 is 1.22 bits per heavy atom. The van der Waals surface area contributed by atoms with Gasteiger partial charge in [-0.3, -0.25) is 9.48 Å². The SMILES string of the molecule is C[C@@H]1CN(c2ccc(F)cc2)C(=O)c2cc(CNc3cccc(Cl)c3)nn21. The molecular formula is C20H18ClFN4O. The van der Waals surface area contributed by atoms with E-state index in [1.807, 2.05) is 31.2 Å². The molecule has 0 aliphatic carbocycles. The monoisotopic (exact) mass is 384 g/mol. The molecule has 0 bridgehead atoms. The van der Waals surface area contributed by atoms with Crippen LogP contribution in [0.2, 0.25) is 5.02 Å². The van der Waals surface area contributed by atoms with E-state index in [1.54, 1.807) is 27.8 Å². The van der Waals surface area contributed by atoms with Crippen LogP contribution in [-0.2, 0) is 6.54 Å². The summed E-state index contributed by atoms with van der Waals surface area (Å²) < 4.78 is 14.9. The molecule has 0 saturated heterocycles. The fourth-order valence-electron chi connectivity index (χ4n) is 3.22. The molecule has 1 aliphatic heterocycles. The van der Waals surface area contributed by atoms with E-state index < -0.39 is 0 Å². The molecule has 0 saturated carbocycles. The summed E-state index contributed by atoms with van der Waals surface area (Å²) in [5, 5.41) is 8.49. The fraction of sp³-hybridized carbons (Fsp3) is 0.200. The average molecular weight is 385 g/mol. The normalized spacial score (nSPS) is 16.3. The lowest BCUT2D eigenvalue weighted by Crippen LogP contribution is -2.42. The van der Waals surface area contributed by atoms with Gasteiger partial charge in [0.1, 0.15) is 11.5 Å². The average Bonchev–Trinajstić information content (AvgIpc) is 3.09. The van der Waals surface area contributed by atoms with Crippen LogP contribution in [-0.4, -0.2) is 22.2 Å². The van der Waals surface area contributed by atoms with Gasteiger partial charge in [0, 0.05) is 22.9 Å². The minimum Gasteiger partial charge on any atom is -0.379 e. The molecule has 1 aliphatic rings. The number of hydrogen-bond donors (Lipinski definition) is 1. The van der Waals surface area contributed by atoms with Crippen molar-refractivity contribution >= 4 is 28.9 Å². The van der Waals surface area contributed by atoms with Crippen molar-refractivity contribution in [1.29, 1.82) is 0 Å². The van der Waals surface area contributed by atoms with Crippen molar-refractivity contribution < 1.29 is 9.18 Å². The van der Waals surface area contributed by atoms with Crippen LogP contribution in [0.4, 0.5) is 15.8 Å². The Balaban J connectivity index is 1.55. The molecule has 3 aromatic rings. The second kappa shape index (κ2) is 7.04. The summed E-state index contributed by atoms with van der Waals surface area (Å²) in [6.07, 6.45) is 0. The van der Waals surface area contributed by atoms with E-state index in [9.17, 15) is 9.18 Å². The second-order valence-electron chi connectivity index (χ2n) is 6.57. The molecule has 0 radical (unpaired) electrons. The maximum absolute atomic E-state index is 13.2. The highest BCUT2D eigenvalue weighted by Crippen LogP contribution is 2.27. The maximum Gasteiger partial charge on any atom is 0.276 e. The molecule has 1 aromatic heterocycles. The van der Waals surface area contributed by atoms with Gasteiger partial charge in [-0.25, -0.2) is 4.39 Å². The third kappa shape index (κ3) is 3.53. The van der Waals surface area contributed by atoms with Gasteiger partial charge in [0.2, 0.25) is 0 Å². The molecule has 1 N–H and O–H groups in total. The van der Waals surface area contributed by atoms with Gasteiger partial charge in [0.15, 0.2) is 0 Å². The summed E-state index contributed by atoms with van der Waals surface area (Å²) in [5.74, 6) is -0.461. The molecule has 7 heteroatoms. The summed E-state index contributed by atoms with van der Waals surface area (Å²) in [5.41, 5.74) is 2.87. The number of aromatic nitrogens is 2. The minimum atomic E-state index is -0.323. The standard InChI is InChI=1S/C20H18ClFN4O/c1-13-12-25(18-7-5-15(22)6-8-18)20(27)19-10-17(24-26(13)19)11-23-16-4-2-3-14(21)9-16/h2-10,13,23H,11-12H2,1H3/t13-/m1/s1. The Bertz CT molecular complexity index is 986. The lowest BCUT2D eigenvalue weighted by atomic mass is 10.1. The van der Waals surface area contributed by atoms with Crippen molar-refractivity contribution in [3.8, 4) is 0 Å². The zero-order valence-corrected chi connectivity index (χ0v) is 15.4. The van der Waals surface area contributed by atoms with Crippen LogP contribution in [0.5, 0.6) is 0 Å². The summed E-state index contributed by atoms with van der Waals surface area (Å²) in [7, 11) is 0. The highest BCUT2D eigenvalue weighted by Gasteiger charge is 2.31. The molecule has 2 aromatic carbocycles. The second-order valence-corrected chi connectivity index (χ2v) is 7.01. The Kier molecular flexibility index (Phi) is 4.58. The fourth-order valence-corrected chi connectivity index (χ4v) is 3.41. The molecule has 27 heavy (non-hydrogen) atoms. The molecule has 0 fully saturated rings. The van der Waals surface area contributed by atoms with Crippen LogP contribution in [0.15, 0.2) is 54.6 Å². The predicted octanol–water partition coefficient (Wildman–Crippen LogP) is 4.51. The first-order valence-corrected chi connectivity index (χ1v) is 9.04. The molecule has 138 valence electrons. The van der Waals surface area contributed by atoms with Crippen LogP contribution in [0.25, 0.3) is 0 Å². The summed E-state index contributed by atoms with van der Waals surface area (Å²) in [6, 6.07) is 15.2. The van der Waals surface area contributed by atoms with E-state index in [4.69, 9.17) is 11.6 Å². The Morgan fingerprint density at radius 2 is 2.00 bits per heavy atom. The Labute approximate surface area is 161 Å². The lowest BCUT2D eigenvalue weighted by molar-refractivity contribution is 0.0953. The number of nitrogens with one attached hydrogen (secondary N) is 1. The molecule has 0 spiro atoms. The minimum absolute atomic E-state index is 0.0164. The van der Waals surface area contributed by atoms with E-state index >= 15 is 0 Å². The molecular weight excluding hydrogens is 367 g/mol. The number of anilines is 2. The van der Waals surface area contributed by atoms with Crippen LogP contribution < -0.4 is 10.2 Å². The highest BCUT2D eigenvalue weighted by molar-refractivity contribution is 6.30. The number of fused-ring (bicyclic) bond motifs is 1. The number of rotatable bonds is 4. The number of nitrogens with zero attached hydrogens (tertiary/aromatic N) is 3. The van der Waals surface area contributed by atoms with Gasteiger partial charge >= 0.3 is 0 Å². The predicted molar refractivity (Wildman–Crippen MR) is 104 cm³/mol. The summed E-state index contributed by atoms with van der Waals surface area (Å²) in [6.45, 7) is 2.98. The quantitative estimate of drug-likeness (QED) is 0.720. The van der Waals surface area contributed by atoms with Crippen LogP contribution >= 0.6 is 11.6 Å². The zero-order valence-electron chi connectivity index (χ0n) is 14.7. The molecule has 0 unspecified atom stereocenters.